The summed E-state index contributed by atoms with van der Waals surface area (Å²) in [6, 6.07) is 2.13. The van der Waals surface area contributed by atoms with Crippen molar-refractivity contribution in [2.75, 3.05) is 5.75 Å². The van der Waals surface area contributed by atoms with Crippen molar-refractivity contribution in [3.8, 4) is 0 Å². The van der Waals surface area contributed by atoms with Crippen LogP contribution in [-0.2, 0) is 11.3 Å². The summed E-state index contributed by atoms with van der Waals surface area (Å²) in [5.74, 6) is 0.225. The topological polar surface area (TPSA) is 68.9 Å². The second-order valence-electron chi connectivity index (χ2n) is 6.76. The van der Waals surface area contributed by atoms with Crippen molar-refractivity contribution < 1.29 is 4.79 Å². The summed E-state index contributed by atoms with van der Waals surface area (Å²) >= 11 is 1.33. The molecule has 2 atom stereocenters. The van der Waals surface area contributed by atoms with E-state index in [0.29, 0.717) is 16.2 Å². The lowest BCUT2D eigenvalue weighted by molar-refractivity contribution is -0.119. The second kappa shape index (κ2) is 8.75. The third-order valence-electron chi connectivity index (χ3n) is 4.83. The average molecular weight is 379 g/mol. The minimum Gasteiger partial charge on any atom is -0.353 e. The third kappa shape index (κ3) is 4.14. The molecule has 0 spiro atoms. The van der Waals surface area contributed by atoms with Gasteiger partial charge >= 0.3 is 0 Å². The maximum absolute atomic E-state index is 13.2. The molecule has 0 fully saturated rings. The molecule has 2 aromatic rings. The van der Waals surface area contributed by atoms with Crippen molar-refractivity contribution in [3.63, 3.8) is 0 Å². The van der Waals surface area contributed by atoms with Gasteiger partial charge in [0.05, 0.1) is 11.3 Å². The minimum atomic E-state index is -0.0308. The van der Waals surface area contributed by atoms with Gasteiger partial charge in [0.15, 0.2) is 5.16 Å². The summed E-state index contributed by atoms with van der Waals surface area (Å²) in [5.41, 5.74) is 2.36. The van der Waals surface area contributed by atoms with E-state index in [2.05, 4.69) is 12.2 Å². The molecule has 1 N–H and O–H groups in total. The Hall–Kier alpha value is -1.76. The monoisotopic (exact) mass is 378 g/mol. The number of carbonyl (C=O) groups is 1. The third-order valence-corrected chi connectivity index (χ3v) is 5.78. The van der Waals surface area contributed by atoms with Crippen molar-refractivity contribution in [2.45, 2.75) is 78.2 Å². The van der Waals surface area contributed by atoms with E-state index in [1.807, 2.05) is 45.3 Å². The van der Waals surface area contributed by atoms with Crippen molar-refractivity contribution in [1.29, 1.82) is 0 Å². The fourth-order valence-electron chi connectivity index (χ4n) is 2.96. The lowest BCUT2D eigenvalue weighted by Gasteiger charge is -2.18. The zero-order valence-corrected chi connectivity index (χ0v) is 17.4. The van der Waals surface area contributed by atoms with Crippen LogP contribution in [0.25, 0.3) is 11.0 Å². The van der Waals surface area contributed by atoms with E-state index < -0.39 is 0 Å². The number of rotatable bonds is 8. The van der Waals surface area contributed by atoms with Gasteiger partial charge in [-0.2, -0.15) is 0 Å². The number of thioether (sulfide) groups is 1. The number of hydrogen-bond acceptors (Lipinski definition) is 4. The molecule has 0 aliphatic rings. The van der Waals surface area contributed by atoms with Gasteiger partial charge in [0, 0.05) is 24.3 Å². The van der Waals surface area contributed by atoms with Gasteiger partial charge in [-0.15, -0.1) is 0 Å². The maximum atomic E-state index is 13.2. The van der Waals surface area contributed by atoms with Gasteiger partial charge in [-0.25, -0.2) is 4.98 Å². The highest BCUT2D eigenvalue weighted by atomic mass is 32.2. The molecule has 144 valence electrons. The van der Waals surface area contributed by atoms with E-state index in [1.165, 1.54) is 11.8 Å². The van der Waals surface area contributed by atoms with E-state index in [-0.39, 0.29) is 29.3 Å². The maximum Gasteiger partial charge on any atom is 0.278 e. The molecular weight excluding hydrogens is 348 g/mol. The van der Waals surface area contributed by atoms with E-state index in [4.69, 9.17) is 4.98 Å². The molecule has 6 nitrogen and oxygen atoms in total. The fourth-order valence-corrected chi connectivity index (χ4v) is 3.86. The summed E-state index contributed by atoms with van der Waals surface area (Å²) in [5, 5.41) is 3.57. The van der Waals surface area contributed by atoms with Crippen LogP contribution in [0.2, 0.25) is 0 Å². The Morgan fingerprint density at radius 3 is 2.54 bits per heavy atom. The van der Waals surface area contributed by atoms with Crippen LogP contribution < -0.4 is 10.9 Å². The Labute approximate surface area is 159 Å². The number of aryl methyl sites for hydroxylation is 2. The predicted molar refractivity (Wildman–Crippen MR) is 108 cm³/mol. The van der Waals surface area contributed by atoms with Crippen LogP contribution in [0.3, 0.4) is 0 Å². The summed E-state index contributed by atoms with van der Waals surface area (Å²) in [6.07, 6.45) is 1.72. The fraction of sp³-hybridized carbons (Fsp3) is 0.632. The van der Waals surface area contributed by atoms with Crippen LogP contribution in [0.15, 0.2) is 16.0 Å². The number of nitrogens with one attached hydrogen (secondary N) is 1. The molecule has 0 aliphatic carbocycles. The van der Waals surface area contributed by atoms with Crippen LogP contribution in [0.5, 0.6) is 0 Å². The number of nitrogens with zero attached hydrogens (tertiary/aromatic N) is 3. The Morgan fingerprint density at radius 1 is 1.27 bits per heavy atom. The molecule has 0 bridgehead atoms. The molecule has 2 unspecified atom stereocenters. The zero-order valence-electron chi connectivity index (χ0n) is 16.6. The van der Waals surface area contributed by atoms with Gasteiger partial charge in [-0.3, -0.25) is 14.2 Å². The molecule has 0 saturated heterocycles. The van der Waals surface area contributed by atoms with E-state index in [0.717, 1.165) is 25.1 Å². The SMILES string of the molecule is CCC(C)NC(=O)CSc1nc2cc(C)n(CC)c2c(=O)n1C(C)CC. The summed E-state index contributed by atoms with van der Waals surface area (Å²) < 4.78 is 3.75. The van der Waals surface area contributed by atoms with Crippen molar-refractivity contribution in [2.24, 2.45) is 0 Å². The Kier molecular flexibility index (Phi) is 6.92. The Morgan fingerprint density at radius 2 is 1.96 bits per heavy atom. The molecule has 2 rings (SSSR count). The number of aromatic nitrogens is 3. The first kappa shape index (κ1) is 20.6. The largest absolute Gasteiger partial charge is 0.353 e. The summed E-state index contributed by atoms with van der Waals surface area (Å²) in [7, 11) is 0. The zero-order chi connectivity index (χ0) is 19.4. The van der Waals surface area contributed by atoms with Crippen molar-refractivity contribution in [1.82, 2.24) is 19.4 Å². The van der Waals surface area contributed by atoms with E-state index >= 15 is 0 Å². The van der Waals surface area contributed by atoms with E-state index in [1.54, 1.807) is 4.57 Å². The first-order valence-electron chi connectivity index (χ1n) is 9.38. The van der Waals surface area contributed by atoms with Crippen LogP contribution in [-0.4, -0.2) is 31.8 Å². The number of hydrogen-bond donors (Lipinski definition) is 1. The molecule has 2 aromatic heterocycles. The van der Waals surface area contributed by atoms with Gasteiger partial charge < -0.3 is 9.88 Å². The lowest BCUT2D eigenvalue weighted by Crippen LogP contribution is -2.33. The molecule has 26 heavy (non-hydrogen) atoms. The Balaban J connectivity index is 2.44. The lowest BCUT2D eigenvalue weighted by atomic mass is 10.2. The predicted octanol–water partition coefficient (Wildman–Crippen LogP) is 3.50. The molecule has 2 heterocycles. The molecule has 7 heteroatoms. The van der Waals surface area contributed by atoms with Gasteiger partial charge in [-0.1, -0.05) is 25.6 Å². The second-order valence-corrected chi connectivity index (χ2v) is 7.70. The van der Waals surface area contributed by atoms with Gasteiger partial charge in [0.1, 0.15) is 5.52 Å². The highest BCUT2D eigenvalue weighted by Gasteiger charge is 2.20. The van der Waals surface area contributed by atoms with E-state index in [9.17, 15) is 9.59 Å². The Bertz CT molecular complexity index is 840. The highest BCUT2D eigenvalue weighted by molar-refractivity contribution is 7.99. The van der Waals surface area contributed by atoms with Crippen LogP contribution in [0, 0.1) is 6.92 Å². The first-order chi connectivity index (χ1) is 12.3. The van der Waals surface area contributed by atoms with Gasteiger partial charge in [0.2, 0.25) is 5.91 Å². The first-order valence-corrected chi connectivity index (χ1v) is 10.4. The minimum absolute atomic E-state index is 0.0239. The number of fused-ring (bicyclic) bond motifs is 1. The molecule has 0 radical (unpaired) electrons. The molecule has 0 saturated carbocycles. The summed E-state index contributed by atoms with van der Waals surface area (Å²) in [4.78, 5) is 30.1. The average Bonchev–Trinajstić information content (AvgIpc) is 2.94. The smallest absolute Gasteiger partial charge is 0.278 e. The van der Waals surface area contributed by atoms with Crippen molar-refractivity contribution in [3.05, 3.63) is 22.1 Å². The molecule has 1 amide bonds. The van der Waals surface area contributed by atoms with Crippen molar-refractivity contribution >= 4 is 28.7 Å². The molecule has 0 aliphatic heterocycles. The van der Waals surface area contributed by atoms with Gasteiger partial charge in [0.25, 0.3) is 5.56 Å². The summed E-state index contributed by atoms with van der Waals surface area (Å²) in [6.45, 7) is 12.8. The highest BCUT2D eigenvalue weighted by Crippen LogP contribution is 2.24. The van der Waals surface area contributed by atoms with Crippen LogP contribution in [0.1, 0.15) is 59.2 Å². The quantitative estimate of drug-likeness (QED) is 0.564. The number of carbonyl (C=O) groups excluding carboxylic acids is 1. The van der Waals surface area contributed by atoms with Crippen LogP contribution in [0.4, 0.5) is 0 Å². The molecule has 0 aromatic carbocycles. The normalized spacial score (nSPS) is 13.8. The van der Waals surface area contributed by atoms with Crippen LogP contribution >= 0.6 is 11.8 Å². The standard InChI is InChI=1S/C19H30N4O2S/c1-7-12(4)20-16(24)11-26-19-21-15-10-14(6)22(9-3)17(15)18(25)23(19)13(5)8-2/h10,12-13H,7-9,11H2,1-6H3,(H,20,24). The molecular formula is C19H30N4O2S. The number of amides is 1. The van der Waals surface area contributed by atoms with Gasteiger partial charge in [-0.05, 0) is 46.6 Å².